The van der Waals surface area contributed by atoms with E-state index in [1.54, 1.807) is 0 Å². The Labute approximate surface area is 535 Å². The molecule has 0 radical (unpaired) electrons. The fourth-order valence-electron chi connectivity index (χ4n) is 11.2. The van der Waals surface area contributed by atoms with Crippen LogP contribution in [0.3, 0.4) is 0 Å². The molecule has 0 N–H and O–H groups in total. The van der Waals surface area contributed by atoms with Gasteiger partial charge in [-0.3, -0.25) is 0 Å². The van der Waals surface area contributed by atoms with Crippen molar-refractivity contribution in [1.29, 1.82) is 0 Å². The Hall–Kier alpha value is -4.08. The predicted octanol–water partition coefficient (Wildman–Crippen LogP) is 22.2. The van der Waals surface area contributed by atoms with Crippen LogP contribution in [0.4, 0.5) is 0 Å². The van der Waals surface area contributed by atoms with Crippen molar-refractivity contribution in [3.8, 4) is 57.1 Å². The predicted molar refractivity (Wildman–Crippen MR) is 375 cm³/mol. The Bertz CT molecular complexity index is 3560. The summed E-state index contributed by atoms with van der Waals surface area (Å²) < 4.78 is 58.2. The van der Waals surface area contributed by atoms with Crippen LogP contribution in [-0.4, -0.2) is 52.9 Å². The van der Waals surface area contributed by atoms with Crippen molar-refractivity contribution < 1.29 is 37.9 Å². The number of rotatable bonds is 19. The van der Waals surface area contributed by atoms with Gasteiger partial charge in [-0.15, -0.1) is 69.7 Å². The molecule has 0 spiro atoms. The third kappa shape index (κ3) is 11.5. The zero-order valence-corrected chi connectivity index (χ0v) is 56.9. The lowest BCUT2D eigenvalue weighted by molar-refractivity contribution is 0.288. The molecule has 0 atom stereocenters. The highest BCUT2D eigenvalue weighted by atomic mass is 32.3. The first-order valence-corrected chi connectivity index (χ1v) is 37.6. The topological polar surface area (TPSA) is 73.8 Å². The zero-order chi connectivity index (χ0) is 58.2. The molecule has 84 heavy (non-hydrogen) atoms. The van der Waals surface area contributed by atoms with E-state index in [0.717, 1.165) is 90.6 Å². The molecule has 4 aliphatic heterocycles. The van der Waals surface area contributed by atoms with Crippen molar-refractivity contribution in [3.05, 3.63) is 129 Å². The van der Waals surface area contributed by atoms with E-state index in [9.17, 15) is 0 Å². The van der Waals surface area contributed by atoms with Crippen LogP contribution in [-0.2, 0) is 23.0 Å². The Morgan fingerprint density at radius 1 is 0.321 bits per heavy atom. The van der Waals surface area contributed by atoms with E-state index in [1.165, 1.54) is 101 Å². The average Bonchev–Trinajstić information content (AvgIpc) is 1.22. The SMILES string of the molecule is CCOc1cc2c3c(c4cc(OCC)c(OCC)cc4c2cc1OCC)CSC1=C(SC3)SC(=C(C)c2sccc2-c2ccsc2C(C)=C2SC3=C(SCc4c(c5cc(OCC)c(OCC)cc5c5cc(OCC)c(OCC)cc45)CS3)S2)S1. The zero-order valence-electron chi connectivity index (χ0n) is 48.8. The van der Waals surface area contributed by atoms with Crippen molar-refractivity contribution in [1.82, 2.24) is 0 Å². The van der Waals surface area contributed by atoms with Crippen molar-refractivity contribution in [2.24, 2.45) is 0 Å². The molecule has 12 rings (SSSR count). The highest BCUT2D eigenvalue weighted by molar-refractivity contribution is 8.41. The first-order chi connectivity index (χ1) is 41.1. The third-order valence-corrected chi connectivity index (χ3v) is 28.4. The number of thioether (sulfide) groups is 8. The van der Waals surface area contributed by atoms with Gasteiger partial charge < -0.3 is 37.9 Å². The van der Waals surface area contributed by atoms with Crippen molar-refractivity contribution in [2.45, 2.75) is 92.2 Å². The van der Waals surface area contributed by atoms with Crippen LogP contribution in [0.1, 0.15) is 101 Å². The minimum Gasteiger partial charge on any atom is -0.490 e. The standard InChI is InChI=1S/C66H66O8S10/c1-11-67-51-23-39-40-24-52(68-12-2)56(72-16-6)28-44(40)48-32-78-64-63(77-31-47(48)43(39)27-55(51)71-15-5)81-61(82-64)35(9)59-37(19-21-75-59)38-20-22-76-60(38)36(10)62-83-65-66(84-62)80-34-50-46-30-58(74-18-8)54(70-14-4)26-42(46)41-25-53(69-13-3)57(73-17-7)29-45(41)49(50)33-79-65/h19-30H,11-18,31-34H2,1-10H3. The highest BCUT2D eigenvalue weighted by Crippen LogP contribution is 2.64. The van der Waals surface area contributed by atoms with E-state index in [2.05, 4.69) is 85.3 Å². The van der Waals surface area contributed by atoms with Crippen LogP contribution < -0.4 is 37.9 Å². The molecule has 0 bridgehead atoms. The first-order valence-electron chi connectivity index (χ1n) is 28.6. The second-order valence-electron chi connectivity index (χ2n) is 19.6. The monoisotopic (exact) mass is 1310 g/mol. The molecule has 0 amide bonds. The van der Waals surface area contributed by atoms with Gasteiger partial charge in [0.25, 0.3) is 0 Å². The van der Waals surface area contributed by atoms with Gasteiger partial charge in [-0.2, -0.15) is 0 Å². The molecule has 0 saturated carbocycles. The van der Waals surface area contributed by atoms with Crippen molar-refractivity contribution in [2.75, 3.05) is 52.9 Å². The van der Waals surface area contributed by atoms with Crippen LogP contribution in [0.5, 0.6) is 46.0 Å². The normalized spacial score (nSPS) is 15.2. The van der Waals surface area contributed by atoms with Gasteiger partial charge in [-0.1, -0.05) is 47.0 Å². The van der Waals surface area contributed by atoms with Gasteiger partial charge >= 0.3 is 0 Å². The Morgan fingerprint density at radius 2 is 0.536 bits per heavy atom. The molecule has 0 saturated heterocycles. The lowest BCUT2D eigenvalue weighted by Gasteiger charge is -2.23. The van der Waals surface area contributed by atoms with Gasteiger partial charge in [0.05, 0.1) is 78.3 Å². The van der Waals surface area contributed by atoms with Crippen molar-refractivity contribution in [3.63, 3.8) is 0 Å². The second-order valence-corrected chi connectivity index (χ2v) is 31.0. The Balaban J connectivity index is 0.833. The average molecular weight is 1310 g/mol. The van der Waals surface area contributed by atoms with E-state index >= 15 is 0 Å². The molecule has 0 fully saturated rings. The van der Waals surface area contributed by atoms with Gasteiger partial charge in [0.1, 0.15) is 0 Å². The number of fused-ring (bicyclic) bond motifs is 12. The lowest BCUT2D eigenvalue weighted by Crippen LogP contribution is -2.03. The van der Waals surface area contributed by atoms with Crippen molar-refractivity contribution >= 4 is 171 Å². The van der Waals surface area contributed by atoms with Gasteiger partial charge in [-0.05, 0) is 217 Å². The van der Waals surface area contributed by atoms with E-state index in [1.807, 2.05) is 172 Å². The van der Waals surface area contributed by atoms with E-state index < -0.39 is 0 Å². The molecule has 0 unspecified atom stereocenters. The maximum absolute atomic E-state index is 6.27. The maximum Gasteiger partial charge on any atom is 0.161 e. The quantitative estimate of drug-likeness (QED) is 0.0721. The molecule has 2 aromatic heterocycles. The summed E-state index contributed by atoms with van der Waals surface area (Å²) in [5.74, 6) is 9.48. The third-order valence-electron chi connectivity index (χ3n) is 14.7. The number of allylic oxidation sites excluding steroid dienone is 2. The van der Waals surface area contributed by atoms with Crippen LogP contribution in [0.25, 0.3) is 65.4 Å². The number of hydrogen-bond donors (Lipinski definition) is 0. The summed E-state index contributed by atoms with van der Waals surface area (Å²) in [7, 11) is 0. The summed E-state index contributed by atoms with van der Waals surface area (Å²) in [4.78, 5) is 2.66. The first kappa shape index (κ1) is 60.2. The summed E-state index contributed by atoms with van der Waals surface area (Å²) in [6, 6.07) is 22.3. The molecule has 6 aromatic carbocycles. The van der Waals surface area contributed by atoms with Gasteiger partial charge in [0.2, 0.25) is 0 Å². The van der Waals surface area contributed by atoms with E-state index in [4.69, 9.17) is 37.9 Å². The van der Waals surface area contributed by atoms with Gasteiger partial charge in [0.15, 0.2) is 46.0 Å². The summed E-state index contributed by atoms with van der Waals surface area (Å²) in [5, 5.41) is 13.9. The second kappa shape index (κ2) is 26.7. The van der Waals surface area contributed by atoms with E-state index in [-0.39, 0.29) is 0 Å². The molecule has 6 heterocycles. The minimum absolute atomic E-state index is 0.548. The van der Waals surface area contributed by atoms with Crippen LogP contribution in [0.2, 0.25) is 0 Å². The number of hydrogen-bond acceptors (Lipinski definition) is 18. The highest BCUT2D eigenvalue weighted by Gasteiger charge is 2.33. The van der Waals surface area contributed by atoms with Gasteiger partial charge in [-0.25, -0.2) is 0 Å². The summed E-state index contributed by atoms with van der Waals surface area (Å²) in [5.41, 5.74) is 10.6. The lowest BCUT2D eigenvalue weighted by atomic mass is 9.92. The molecule has 438 valence electrons. The molecule has 8 nitrogen and oxygen atoms in total. The Morgan fingerprint density at radius 3 is 0.750 bits per heavy atom. The maximum atomic E-state index is 6.27. The van der Waals surface area contributed by atoms with E-state index in [0.29, 0.717) is 52.9 Å². The molecule has 0 aliphatic carbocycles. The summed E-state index contributed by atoms with van der Waals surface area (Å²) >= 11 is 19.3. The Kier molecular flexibility index (Phi) is 19.2. The molecule has 8 aromatic rings. The van der Waals surface area contributed by atoms with Crippen LogP contribution in [0.15, 0.2) is 96.8 Å². The molecule has 4 aliphatic rings. The summed E-state index contributed by atoms with van der Waals surface area (Å²) in [6.07, 6.45) is 0. The number of thiophene rings is 2. The number of ether oxygens (including phenoxy) is 8. The molecular formula is C66H66O8S10. The largest absolute Gasteiger partial charge is 0.490 e. The summed E-state index contributed by atoms with van der Waals surface area (Å²) in [6.45, 7) is 25.3. The fraction of sp³-hybridized carbons (Fsp3) is 0.333. The smallest absolute Gasteiger partial charge is 0.161 e. The minimum atomic E-state index is 0.548. The number of benzene rings is 6. The van der Waals surface area contributed by atoms with Gasteiger partial charge in [0, 0.05) is 43.9 Å². The fourth-order valence-corrected chi connectivity index (χ4v) is 25.2. The molecule has 18 heteroatoms. The molecular weight excluding hydrogens is 1240 g/mol. The van der Waals surface area contributed by atoms with Crippen LogP contribution >= 0.6 is 117 Å². The van der Waals surface area contributed by atoms with Crippen LogP contribution in [0, 0.1) is 0 Å².